The van der Waals surface area contributed by atoms with E-state index in [-0.39, 0.29) is 17.2 Å². The Kier molecular flexibility index (Phi) is 6.82. The first-order chi connectivity index (χ1) is 12.4. The second-order valence-corrected chi connectivity index (χ2v) is 7.03. The monoisotopic (exact) mass is 383 g/mol. The summed E-state index contributed by atoms with van der Waals surface area (Å²) in [6.07, 6.45) is 0. The fourth-order valence-corrected chi connectivity index (χ4v) is 3.31. The van der Waals surface area contributed by atoms with E-state index in [0.717, 1.165) is 6.07 Å². The molecule has 8 heteroatoms. The molecule has 0 aromatic heterocycles. The van der Waals surface area contributed by atoms with Gasteiger partial charge in [0.25, 0.3) is 0 Å². The fourth-order valence-electron chi connectivity index (χ4n) is 2.28. The largest absolute Gasteiger partial charge is 0.494 e. The van der Waals surface area contributed by atoms with Crippen LogP contribution in [-0.2, 0) is 16.6 Å². The average Bonchev–Trinajstić information content (AvgIpc) is 2.62. The molecule has 1 N–H and O–H groups in total. The van der Waals surface area contributed by atoms with E-state index in [1.165, 1.54) is 19.2 Å². The third-order valence-electron chi connectivity index (χ3n) is 3.51. The lowest BCUT2D eigenvalue weighted by Crippen LogP contribution is -2.23. The van der Waals surface area contributed by atoms with Crippen molar-refractivity contribution in [2.24, 2.45) is 0 Å². The third kappa shape index (κ3) is 4.86. The zero-order chi connectivity index (χ0) is 19.2. The van der Waals surface area contributed by atoms with Gasteiger partial charge < -0.3 is 14.2 Å². The smallest absolute Gasteiger partial charge is 0.240 e. The number of hydrogen-bond donors (Lipinski definition) is 1. The van der Waals surface area contributed by atoms with Crippen LogP contribution in [0, 0.1) is 5.82 Å². The molecule has 0 aliphatic heterocycles. The molecule has 0 heterocycles. The molecule has 0 saturated heterocycles. The average molecular weight is 383 g/mol. The van der Waals surface area contributed by atoms with Crippen molar-refractivity contribution < 1.29 is 27.0 Å². The highest BCUT2D eigenvalue weighted by Gasteiger charge is 2.17. The number of nitrogens with one attached hydrogen (secondary N) is 1. The Morgan fingerprint density at radius 2 is 1.62 bits per heavy atom. The van der Waals surface area contributed by atoms with E-state index in [2.05, 4.69) is 4.72 Å². The maximum atomic E-state index is 13.8. The molecule has 0 spiro atoms. The lowest BCUT2D eigenvalue weighted by molar-refractivity contribution is 0.287. The van der Waals surface area contributed by atoms with Gasteiger partial charge in [-0.1, -0.05) is 6.07 Å². The Morgan fingerprint density at radius 3 is 2.23 bits per heavy atom. The van der Waals surface area contributed by atoms with E-state index >= 15 is 0 Å². The van der Waals surface area contributed by atoms with Gasteiger partial charge in [0.05, 0.1) is 25.2 Å². The van der Waals surface area contributed by atoms with Gasteiger partial charge in [0, 0.05) is 6.54 Å². The molecule has 0 radical (unpaired) electrons. The molecular formula is C18H22FNO5S. The van der Waals surface area contributed by atoms with Gasteiger partial charge in [-0.2, -0.15) is 0 Å². The number of benzene rings is 2. The quantitative estimate of drug-likeness (QED) is 0.720. The van der Waals surface area contributed by atoms with Crippen molar-refractivity contribution in [3.05, 3.63) is 47.8 Å². The summed E-state index contributed by atoms with van der Waals surface area (Å²) in [6.45, 7) is 4.70. The summed E-state index contributed by atoms with van der Waals surface area (Å²) in [5.41, 5.74) is 0.689. The Bertz CT molecular complexity index is 855. The SMILES string of the molecule is CCOc1ccc(CNS(=O)(=O)c2ccc(OC)c(F)c2)cc1OCC. The van der Waals surface area contributed by atoms with Crippen LogP contribution in [0.2, 0.25) is 0 Å². The first kappa shape index (κ1) is 20.0. The summed E-state index contributed by atoms with van der Waals surface area (Å²) in [5, 5.41) is 0. The number of ether oxygens (including phenoxy) is 3. The normalized spacial score (nSPS) is 11.2. The molecule has 142 valence electrons. The lowest BCUT2D eigenvalue weighted by Gasteiger charge is -2.13. The van der Waals surface area contributed by atoms with Crippen LogP contribution < -0.4 is 18.9 Å². The summed E-state index contributed by atoms with van der Waals surface area (Å²) >= 11 is 0. The highest BCUT2D eigenvalue weighted by Crippen LogP contribution is 2.28. The molecule has 0 fully saturated rings. The van der Waals surface area contributed by atoms with Crippen LogP contribution in [0.15, 0.2) is 41.3 Å². The molecule has 2 aromatic carbocycles. The van der Waals surface area contributed by atoms with E-state index in [1.54, 1.807) is 18.2 Å². The maximum Gasteiger partial charge on any atom is 0.240 e. The van der Waals surface area contributed by atoms with Crippen molar-refractivity contribution >= 4 is 10.0 Å². The van der Waals surface area contributed by atoms with E-state index in [9.17, 15) is 12.8 Å². The molecule has 0 unspecified atom stereocenters. The Balaban J connectivity index is 2.16. The second kappa shape index (κ2) is 8.86. The van der Waals surface area contributed by atoms with Crippen LogP contribution in [0.5, 0.6) is 17.2 Å². The van der Waals surface area contributed by atoms with Crippen molar-refractivity contribution in [1.29, 1.82) is 0 Å². The predicted octanol–water partition coefficient (Wildman–Crippen LogP) is 3.11. The highest BCUT2D eigenvalue weighted by molar-refractivity contribution is 7.89. The van der Waals surface area contributed by atoms with Crippen molar-refractivity contribution in [3.8, 4) is 17.2 Å². The molecule has 0 aliphatic rings. The Hall–Kier alpha value is -2.32. The van der Waals surface area contributed by atoms with Gasteiger partial charge in [0.1, 0.15) is 0 Å². The molecule has 2 rings (SSSR count). The number of sulfonamides is 1. The van der Waals surface area contributed by atoms with Crippen LogP contribution in [0.25, 0.3) is 0 Å². The van der Waals surface area contributed by atoms with Crippen molar-refractivity contribution in [2.75, 3.05) is 20.3 Å². The molecule has 0 bridgehead atoms. The molecular weight excluding hydrogens is 361 g/mol. The topological polar surface area (TPSA) is 73.9 Å². The molecule has 0 atom stereocenters. The molecule has 0 saturated carbocycles. The van der Waals surface area contributed by atoms with Crippen LogP contribution in [-0.4, -0.2) is 28.7 Å². The zero-order valence-corrected chi connectivity index (χ0v) is 15.7. The zero-order valence-electron chi connectivity index (χ0n) is 14.9. The van der Waals surface area contributed by atoms with Crippen LogP contribution in [0.3, 0.4) is 0 Å². The first-order valence-corrected chi connectivity index (χ1v) is 9.61. The number of hydrogen-bond acceptors (Lipinski definition) is 5. The maximum absolute atomic E-state index is 13.8. The van der Waals surface area contributed by atoms with Gasteiger partial charge >= 0.3 is 0 Å². The number of halogens is 1. The van der Waals surface area contributed by atoms with Crippen molar-refractivity contribution in [1.82, 2.24) is 4.72 Å². The summed E-state index contributed by atoms with van der Waals surface area (Å²) in [7, 11) is -2.56. The first-order valence-electron chi connectivity index (χ1n) is 8.13. The Morgan fingerprint density at radius 1 is 0.962 bits per heavy atom. The van der Waals surface area contributed by atoms with E-state index in [0.29, 0.717) is 30.3 Å². The predicted molar refractivity (Wildman–Crippen MR) is 95.8 cm³/mol. The van der Waals surface area contributed by atoms with Crippen molar-refractivity contribution in [2.45, 2.75) is 25.3 Å². The lowest BCUT2D eigenvalue weighted by atomic mass is 10.2. The molecule has 2 aromatic rings. The van der Waals surface area contributed by atoms with Crippen LogP contribution in [0.4, 0.5) is 4.39 Å². The molecule has 26 heavy (non-hydrogen) atoms. The summed E-state index contributed by atoms with van der Waals surface area (Å²) in [4.78, 5) is -0.174. The van der Waals surface area contributed by atoms with Crippen LogP contribution in [0.1, 0.15) is 19.4 Å². The minimum Gasteiger partial charge on any atom is -0.494 e. The minimum absolute atomic E-state index is 0.0168. The fraction of sp³-hybridized carbons (Fsp3) is 0.333. The number of rotatable bonds is 9. The van der Waals surface area contributed by atoms with Crippen molar-refractivity contribution in [3.63, 3.8) is 0 Å². The van der Waals surface area contributed by atoms with Crippen LogP contribution >= 0.6 is 0 Å². The number of methoxy groups -OCH3 is 1. The molecule has 6 nitrogen and oxygen atoms in total. The summed E-state index contributed by atoms with van der Waals surface area (Å²) in [6, 6.07) is 8.66. The summed E-state index contributed by atoms with van der Waals surface area (Å²) < 4.78 is 56.7. The summed E-state index contributed by atoms with van der Waals surface area (Å²) in [5.74, 6) is 0.381. The van der Waals surface area contributed by atoms with Gasteiger partial charge in [-0.05, 0) is 49.7 Å². The third-order valence-corrected chi connectivity index (χ3v) is 4.91. The van der Waals surface area contributed by atoms with E-state index < -0.39 is 15.8 Å². The molecule has 0 amide bonds. The van der Waals surface area contributed by atoms with Gasteiger partial charge in [-0.3, -0.25) is 0 Å². The second-order valence-electron chi connectivity index (χ2n) is 5.27. The van der Waals surface area contributed by atoms with Gasteiger partial charge in [-0.25, -0.2) is 17.5 Å². The van der Waals surface area contributed by atoms with Gasteiger partial charge in [-0.15, -0.1) is 0 Å². The molecule has 0 aliphatic carbocycles. The highest BCUT2D eigenvalue weighted by atomic mass is 32.2. The van der Waals surface area contributed by atoms with Gasteiger partial charge in [0.2, 0.25) is 10.0 Å². The standard InChI is InChI=1S/C18H22FNO5S/c1-4-24-17-8-6-13(10-18(17)25-5-2)12-20-26(21,22)14-7-9-16(23-3)15(19)11-14/h6-11,20H,4-5,12H2,1-3H3. The van der Waals surface area contributed by atoms with E-state index in [4.69, 9.17) is 14.2 Å². The van der Waals surface area contributed by atoms with E-state index in [1.807, 2.05) is 13.8 Å². The Labute approximate surface area is 152 Å². The van der Waals surface area contributed by atoms with Gasteiger partial charge in [0.15, 0.2) is 23.1 Å². The minimum atomic E-state index is -3.87.